The van der Waals surface area contributed by atoms with Crippen molar-refractivity contribution in [3.8, 4) is 0 Å². The number of likely N-dealkylation sites (tertiary alicyclic amines) is 1. The van der Waals surface area contributed by atoms with Crippen LogP contribution in [0.5, 0.6) is 0 Å². The van der Waals surface area contributed by atoms with E-state index in [1.54, 1.807) is 21.7 Å². The minimum atomic E-state index is -0.279. The number of rotatable bonds is 4. The molecule has 1 amide bonds. The van der Waals surface area contributed by atoms with E-state index in [1.807, 2.05) is 6.92 Å². The Bertz CT molecular complexity index is 558. The predicted molar refractivity (Wildman–Crippen MR) is 87.7 cm³/mol. The fourth-order valence-electron chi connectivity index (χ4n) is 2.57. The Morgan fingerprint density at radius 2 is 2.09 bits per heavy atom. The van der Waals surface area contributed by atoms with Crippen molar-refractivity contribution in [3.63, 3.8) is 0 Å². The van der Waals surface area contributed by atoms with Crippen LogP contribution in [-0.4, -0.2) is 44.9 Å². The smallest absolute Gasteiger partial charge is 0.246 e. The van der Waals surface area contributed by atoms with Crippen LogP contribution in [0, 0.1) is 12.8 Å². The lowest BCUT2D eigenvalue weighted by molar-refractivity contribution is -0.127. The Hall–Kier alpha value is -1.33. The number of aryl methyl sites for hydroxylation is 1. The van der Waals surface area contributed by atoms with Crippen molar-refractivity contribution in [2.45, 2.75) is 46.3 Å². The Morgan fingerprint density at radius 3 is 2.68 bits per heavy atom. The van der Waals surface area contributed by atoms with E-state index in [0.717, 1.165) is 17.8 Å². The highest BCUT2D eigenvalue weighted by atomic mass is 35.5. The number of piperidine rings is 1. The van der Waals surface area contributed by atoms with Gasteiger partial charge in [0.1, 0.15) is 5.15 Å². The first-order valence-electron chi connectivity index (χ1n) is 7.76. The van der Waals surface area contributed by atoms with Crippen LogP contribution in [0.4, 0.5) is 0 Å². The van der Waals surface area contributed by atoms with Crippen LogP contribution < -0.4 is 0 Å². The summed E-state index contributed by atoms with van der Waals surface area (Å²) in [4.78, 5) is 13.9. The Balaban J connectivity index is 2.06. The van der Waals surface area contributed by atoms with Crippen LogP contribution in [0.25, 0.3) is 6.08 Å². The molecule has 0 spiro atoms. The van der Waals surface area contributed by atoms with Crippen molar-refractivity contribution in [3.05, 3.63) is 22.5 Å². The average molecular weight is 326 g/mol. The summed E-state index contributed by atoms with van der Waals surface area (Å²) in [6.45, 7) is 8.07. The van der Waals surface area contributed by atoms with Crippen LogP contribution in [0.2, 0.25) is 5.15 Å². The molecule has 1 N–H and O–H groups in total. The zero-order chi connectivity index (χ0) is 16.3. The minimum absolute atomic E-state index is 0.0426. The molecule has 0 aliphatic carbocycles. The van der Waals surface area contributed by atoms with E-state index in [-0.39, 0.29) is 12.0 Å². The minimum Gasteiger partial charge on any atom is -0.393 e. The Morgan fingerprint density at radius 1 is 1.45 bits per heavy atom. The fourth-order valence-corrected chi connectivity index (χ4v) is 2.88. The van der Waals surface area contributed by atoms with Gasteiger partial charge in [0.05, 0.1) is 11.8 Å². The van der Waals surface area contributed by atoms with Gasteiger partial charge >= 0.3 is 0 Å². The lowest BCUT2D eigenvalue weighted by Crippen LogP contribution is -2.39. The average Bonchev–Trinajstić information content (AvgIpc) is 2.71. The highest BCUT2D eigenvalue weighted by Gasteiger charge is 2.20. The number of carbonyl (C=O) groups excluding carboxylic acids is 1. The lowest BCUT2D eigenvalue weighted by atomic mass is 10.1. The first kappa shape index (κ1) is 17.0. The van der Waals surface area contributed by atoms with E-state index in [0.29, 0.717) is 37.0 Å². The number of aliphatic hydroxyl groups is 1. The number of halogens is 1. The summed E-state index contributed by atoms with van der Waals surface area (Å²) < 4.78 is 1.78. The topological polar surface area (TPSA) is 58.4 Å². The van der Waals surface area contributed by atoms with Gasteiger partial charge in [0, 0.05) is 31.3 Å². The van der Waals surface area contributed by atoms with Crippen LogP contribution >= 0.6 is 11.6 Å². The number of amides is 1. The largest absolute Gasteiger partial charge is 0.393 e. The Labute approximate surface area is 136 Å². The molecule has 1 aliphatic rings. The van der Waals surface area contributed by atoms with E-state index in [4.69, 9.17) is 11.6 Å². The molecule has 0 unspecified atom stereocenters. The molecule has 1 fully saturated rings. The summed E-state index contributed by atoms with van der Waals surface area (Å²) in [6.07, 6.45) is 4.30. The zero-order valence-corrected chi connectivity index (χ0v) is 14.2. The molecular weight excluding hydrogens is 302 g/mol. The van der Waals surface area contributed by atoms with Gasteiger partial charge in [-0.2, -0.15) is 5.10 Å². The standard InChI is InChI=1S/C16H24ClN3O2/c1-11(2)10-20-16(17)14(12(3)18-20)4-5-15(22)19-8-6-13(21)7-9-19/h4-5,11,13,21H,6-10H2,1-3H3. The number of carbonyl (C=O) groups is 1. The SMILES string of the molecule is Cc1nn(CC(C)C)c(Cl)c1C=CC(=O)N1CCC(O)CC1. The second kappa shape index (κ2) is 7.29. The fraction of sp³-hybridized carbons (Fsp3) is 0.625. The number of hydrogen-bond donors (Lipinski definition) is 1. The quantitative estimate of drug-likeness (QED) is 0.865. The maximum Gasteiger partial charge on any atom is 0.246 e. The van der Waals surface area contributed by atoms with Gasteiger partial charge in [-0.25, -0.2) is 0 Å². The summed E-state index contributed by atoms with van der Waals surface area (Å²) in [5.74, 6) is 0.411. The second-order valence-corrected chi connectivity index (χ2v) is 6.61. The van der Waals surface area contributed by atoms with Gasteiger partial charge in [0.25, 0.3) is 0 Å². The van der Waals surface area contributed by atoms with Gasteiger partial charge in [-0.1, -0.05) is 25.4 Å². The monoisotopic (exact) mass is 325 g/mol. The van der Waals surface area contributed by atoms with Gasteiger partial charge < -0.3 is 10.0 Å². The summed E-state index contributed by atoms with van der Waals surface area (Å²) in [7, 11) is 0. The third-order valence-corrected chi connectivity index (χ3v) is 4.21. The summed E-state index contributed by atoms with van der Waals surface area (Å²) in [6, 6.07) is 0. The molecule has 2 rings (SSSR count). The lowest BCUT2D eigenvalue weighted by Gasteiger charge is -2.28. The molecule has 2 heterocycles. The first-order valence-corrected chi connectivity index (χ1v) is 8.14. The molecule has 0 saturated carbocycles. The van der Waals surface area contributed by atoms with Crippen LogP contribution in [-0.2, 0) is 11.3 Å². The molecule has 1 aliphatic heterocycles. The van der Waals surface area contributed by atoms with Crippen molar-refractivity contribution in [2.24, 2.45) is 5.92 Å². The highest BCUT2D eigenvalue weighted by Crippen LogP contribution is 2.22. The molecule has 0 atom stereocenters. The van der Waals surface area contributed by atoms with E-state index in [9.17, 15) is 9.90 Å². The third-order valence-electron chi connectivity index (χ3n) is 3.82. The molecule has 0 radical (unpaired) electrons. The molecule has 1 aromatic heterocycles. The molecule has 22 heavy (non-hydrogen) atoms. The van der Waals surface area contributed by atoms with Crippen molar-refractivity contribution in [1.29, 1.82) is 0 Å². The van der Waals surface area contributed by atoms with Crippen LogP contribution in [0.3, 0.4) is 0 Å². The summed E-state index contributed by atoms with van der Waals surface area (Å²) in [5, 5.41) is 14.5. The van der Waals surface area contributed by atoms with Gasteiger partial charge in [-0.3, -0.25) is 9.48 Å². The molecule has 6 heteroatoms. The normalized spacial score (nSPS) is 16.9. The van der Waals surface area contributed by atoms with Crippen LogP contribution in [0.1, 0.15) is 37.9 Å². The van der Waals surface area contributed by atoms with Crippen molar-refractivity contribution in [1.82, 2.24) is 14.7 Å². The summed E-state index contributed by atoms with van der Waals surface area (Å²) >= 11 is 6.35. The van der Waals surface area contributed by atoms with E-state index >= 15 is 0 Å². The number of aliphatic hydroxyl groups excluding tert-OH is 1. The molecule has 122 valence electrons. The van der Waals surface area contributed by atoms with E-state index in [1.165, 1.54) is 0 Å². The van der Waals surface area contributed by atoms with E-state index in [2.05, 4.69) is 18.9 Å². The Kier molecular flexibility index (Phi) is 5.64. The number of hydrogen-bond acceptors (Lipinski definition) is 3. The maximum atomic E-state index is 12.2. The molecular formula is C16H24ClN3O2. The maximum absolute atomic E-state index is 12.2. The van der Waals surface area contributed by atoms with Gasteiger partial charge in [-0.15, -0.1) is 0 Å². The third kappa shape index (κ3) is 4.11. The van der Waals surface area contributed by atoms with Crippen molar-refractivity contribution < 1.29 is 9.90 Å². The van der Waals surface area contributed by atoms with Gasteiger partial charge in [0.2, 0.25) is 5.91 Å². The molecule has 0 bridgehead atoms. The zero-order valence-electron chi connectivity index (χ0n) is 13.4. The number of nitrogens with zero attached hydrogens (tertiary/aromatic N) is 3. The van der Waals surface area contributed by atoms with Crippen molar-refractivity contribution >= 4 is 23.6 Å². The second-order valence-electron chi connectivity index (χ2n) is 6.26. The molecule has 1 aromatic rings. The van der Waals surface area contributed by atoms with Gasteiger partial charge in [0.15, 0.2) is 0 Å². The summed E-state index contributed by atoms with van der Waals surface area (Å²) in [5.41, 5.74) is 1.62. The predicted octanol–water partition coefficient (Wildman–Crippen LogP) is 2.50. The molecule has 5 nitrogen and oxygen atoms in total. The van der Waals surface area contributed by atoms with E-state index < -0.39 is 0 Å². The van der Waals surface area contributed by atoms with Gasteiger partial charge in [-0.05, 0) is 31.8 Å². The van der Waals surface area contributed by atoms with Crippen LogP contribution in [0.15, 0.2) is 6.08 Å². The molecule has 0 aromatic carbocycles. The first-order chi connectivity index (χ1) is 10.4. The number of aromatic nitrogens is 2. The molecule has 1 saturated heterocycles. The highest BCUT2D eigenvalue weighted by molar-refractivity contribution is 6.31. The van der Waals surface area contributed by atoms with Crippen molar-refractivity contribution in [2.75, 3.05) is 13.1 Å².